The predicted octanol–water partition coefficient (Wildman–Crippen LogP) is 1.64. The number of carbonyl (C=O) groups is 2. The second-order valence-corrected chi connectivity index (χ2v) is 10.7. The first-order valence-corrected chi connectivity index (χ1v) is 12.2. The summed E-state index contributed by atoms with van der Waals surface area (Å²) < 4.78 is 12.3. The molecule has 192 valence electrons. The van der Waals surface area contributed by atoms with Gasteiger partial charge in [0.15, 0.2) is 0 Å². The van der Waals surface area contributed by atoms with Crippen LogP contribution in [0, 0.1) is 0 Å². The average molecular weight is 494 g/mol. The van der Waals surface area contributed by atoms with E-state index in [1.807, 2.05) is 71.0 Å². The van der Waals surface area contributed by atoms with E-state index in [1.165, 1.54) is 4.90 Å². The molecular weight excluding hydrogens is 459 g/mol. The number of pyridine rings is 1. The van der Waals surface area contributed by atoms with Crippen molar-refractivity contribution < 1.29 is 24.0 Å². The summed E-state index contributed by atoms with van der Waals surface area (Å²) in [5.41, 5.74) is 1.74. The molecule has 2 aliphatic rings. The standard InChI is InChI=1S/C26H35BN4O5/c1-16(23(33)29-21(15-32)20-9-8-10-22(28-20)30(6)7)31-14-17-11-12-18(13-19(17)24(31)34)27-35-25(2,3)26(4,5)36-27/h8-13,16,21,32H,14-15H2,1-7H3,(H,29,33)/t16?,21-/m1/s1. The van der Waals surface area contributed by atoms with Gasteiger partial charge in [-0.3, -0.25) is 9.59 Å². The van der Waals surface area contributed by atoms with Crippen LogP contribution in [0.4, 0.5) is 5.82 Å². The number of aromatic nitrogens is 1. The number of fused-ring (bicyclic) bond motifs is 1. The summed E-state index contributed by atoms with van der Waals surface area (Å²) in [6.45, 7) is 9.64. The SMILES string of the molecule is CC(C(=O)N[C@H](CO)c1cccc(N(C)C)n1)N1Cc2ccc(B3OC(C)(C)C(C)(C)O3)cc2C1=O. The first-order valence-electron chi connectivity index (χ1n) is 12.2. The zero-order valence-electron chi connectivity index (χ0n) is 22.0. The van der Waals surface area contributed by atoms with Gasteiger partial charge in [-0.05, 0) is 63.8 Å². The van der Waals surface area contributed by atoms with Crippen molar-refractivity contribution in [2.45, 2.75) is 64.4 Å². The summed E-state index contributed by atoms with van der Waals surface area (Å²) in [5.74, 6) is 0.133. The van der Waals surface area contributed by atoms with Crippen molar-refractivity contribution in [2.75, 3.05) is 25.6 Å². The molecule has 36 heavy (non-hydrogen) atoms. The summed E-state index contributed by atoms with van der Waals surface area (Å²) in [6.07, 6.45) is 0. The van der Waals surface area contributed by atoms with Gasteiger partial charge in [-0.1, -0.05) is 18.2 Å². The molecule has 0 spiro atoms. The molecule has 3 heterocycles. The maximum atomic E-state index is 13.3. The number of amides is 2. The molecule has 2 aromatic rings. The smallest absolute Gasteiger partial charge is 0.399 e. The number of carbonyl (C=O) groups excluding carboxylic acids is 2. The molecule has 2 atom stereocenters. The lowest BCUT2D eigenvalue weighted by molar-refractivity contribution is -0.126. The van der Waals surface area contributed by atoms with Crippen LogP contribution in [-0.4, -0.2) is 71.9 Å². The molecule has 2 aliphatic heterocycles. The highest BCUT2D eigenvalue weighted by molar-refractivity contribution is 6.62. The third-order valence-electron chi connectivity index (χ3n) is 7.41. The molecule has 0 aliphatic carbocycles. The van der Waals surface area contributed by atoms with Crippen molar-refractivity contribution in [3.8, 4) is 0 Å². The molecule has 4 rings (SSSR count). The van der Waals surface area contributed by atoms with Gasteiger partial charge >= 0.3 is 7.12 Å². The number of rotatable bonds is 7. The van der Waals surface area contributed by atoms with Crippen LogP contribution in [0.1, 0.15) is 62.3 Å². The molecule has 0 radical (unpaired) electrons. The Bertz CT molecular complexity index is 1150. The van der Waals surface area contributed by atoms with E-state index >= 15 is 0 Å². The van der Waals surface area contributed by atoms with E-state index in [0.29, 0.717) is 17.8 Å². The van der Waals surface area contributed by atoms with Gasteiger partial charge in [0.2, 0.25) is 5.91 Å². The topological polar surface area (TPSA) is 104 Å². The fourth-order valence-corrected chi connectivity index (χ4v) is 4.31. The van der Waals surface area contributed by atoms with Gasteiger partial charge < -0.3 is 29.5 Å². The monoisotopic (exact) mass is 494 g/mol. The van der Waals surface area contributed by atoms with Gasteiger partial charge in [0, 0.05) is 26.2 Å². The van der Waals surface area contributed by atoms with Gasteiger partial charge in [-0.25, -0.2) is 4.98 Å². The van der Waals surface area contributed by atoms with E-state index in [1.54, 1.807) is 19.1 Å². The maximum absolute atomic E-state index is 13.3. The van der Waals surface area contributed by atoms with E-state index in [9.17, 15) is 14.7 Å². The van der Waals surface area contributed by atoms with Crippen molar-refractivity contribution in [1.82, 2.24) is 15.2 Å². The minimum absolute atomic E-state index is 0.223. The Morgan fingerprint density at radius 1 is 1.19 bits per heavy atom. The van der Waals surface area contributed by atoms with Crippen molar-refractivity contribution in [3.63, 3.8) is 0 Å². The fourth-order valence-electron chi connectivity index (χ4n) is 4.31. The minimum Gasteiger partial charge on any atom is -0.399 e. The van der Waals surface area contributed by atoms with E-state index < -0.39 is 30.4 Å². The van der Waals surface area contributed by atoms with Gasteiger partial charge in [-0.15, -0.1) is 0 Å². The summed E-state index contributed by atoms with van der Waals surface area (Å²) in [6, 6.07) is 9.62. The van der Waals surface area contributed by atoms with E-state index in [2.05, 4.69) is 10.3 Å². The van der Waals surface area contributed by atoms with E-state index in [0.717, 1.165) is 16.8 Å². The Kier molecular flexibility index (Phi) is 6.89. The van der Waals surface area contributed by atoms with Crippen molar-refractivity contribution in [1.29, 1.82) is 0 Å². The lowest BCUT2D eigenvalue weighted by atomic mass is 9.78. The van der Waals surface area contributed by atoms with E-state index in [4.69, 9.17) is 9.31 Å². The van der Waals surface area contributed by atoms with Gasteiger partial charge in [-0.2, -0.15) is 0 Å². The highest BCUT2D eigenvalue weighted by Crippen LogP contribution is 2.37. The molecule has 1 fully saturated rings. The molecule has 2 N–H and O–H groups in total. The normalized spacial score (nSPS) is 19.7. The number of aliphatic hydroxyl groups excluding tert-OH is 1. The Morgan fingerprint density at radius 3 is 2.47 bits per heavy atom. The first kappa shape index (κ1) is 26.1. The summed E-state index contributed by atoms with van der Waals surface area (Å²) in [5, 5.41) is 12.8. The van der Waals surface area contributed by atoms with Crippen LogP contribution < -0.4 is 15.7 Å². The molecule has 9 nitrogen and oxygen atoms in total. The highest BCUT2D eigenvalue weighted by Gasteiger charge is 2.52. The fraction of sp³-hybridized carbons (Fsp3) is 0.500. The molecule has 10 heteroatoms. The van der Waals surface area contributed by atoms with Gasteiger partial charge in [0.25, 0.3) is 5.91 Å². The molecular formula is C26H35BN4O5. The highest BCUT2D eigenvalue weighted by atomic mass is 16.7. The third kappa shape index (κ3) is 4.72. The second kappa shape index (κ2) is 9.50. The molecule has 1 aromatic carbocycles. The Morgan fingerprint density at radius 2 is 1.86 bits per heavy atom. The number of aliphatic hydroxyl groups is 1. The van der Waals surface area contributed by atoms with Crippen LogP contribution >= 0.6 is 0 Å². The Labute approximate surface area is 212 Å². The van der Waals surface area contributed by atoms with Crippen LogP contribution in [-0.2, 0) is 20.6 Å². The number of benzene rings is 1. The summed E-state index contributed by atoms with van der Waals surface area (Å²) in [7, 11) is 3.17. The second-order valence-electron chi connectivity index (χ2n) is 10.7. The quantitative estimate of drug-likeness (QED) is 0.564. The lowest BCUT2D eigenvalue weighted by Crippen LogP contribution is -2.47. The third-order valence-corrected chi connectivity index (χ3v) is 7.41. The Balaban J connectivity index is 1.47. The van der Waals surface area contributed by atoms with Crippen LogP contribution in [0.3, 0.4) is 0 Å². The zero-order valence-corrected chi connectivity index (χ0v) is 22.0. The summed E-state index contributed by atoms with van der Waals surface area (Å²) in [4.78, 5) is 34.3. The number of nitrogens with one attached hydrogen (secondary N) is 1. The molecule has 0 bridgehead atoms. The zero-order chi connectivity index (χ0) is 26.4. The van der Waals surface area contributed by atoms with Crippen LogP contribution in [0.15, 0.2) is 36.4 Å². The van der Waals surface area contributed by atoms with Gasteiger partial charge in [0.05, 0.1) is 29.5 Å². The van der Waals surface area contributed by atoms with Gasteiger partial charge in [0.1, 0.15) is 11.9 Å². The number of hydrogen-bond donors (Lipinski definition) is 2. The summed E-state index contributed by atoms with van der Waals surface area (Å²) >= 11 is 0. The molecule has 1 unspecified atom stereocenters. The first-order chi connectivity index (χ1) is 16.8. The molecule has 0 saturated carbocycles. The number of hydrogen-bond acceptors (Lipinski definition) is 7. The van der Waals surface area contributed by atoms with Crippen molar-refractivity contribution >= 4 is 30.2 Å². The minimum atomic E-state index is -0.740. The Hall–Kier alpha value is -2.95. The maximum Gasteiger partial charge on any atom is 0.494 e. The molecule has 1 saturated heterocycles. The molecule has 1 aromatic heterocycles. The number of anilines is 1. The van der Waals surface area contributed by atoms with Crippen molar-refractivity contribution in [2.24, 2.45) is 0 Å². The van der Waals surface area contributed by atoms with Crippen LogP contribution in [0.2, 0.25) is 0 Å². The van der Waals surface area contributed by atoms with E-state index in [-0.39, 0.29) is 18.4 Å². The lowest BCUT2D eigenvalue weighted by Gasteiger charge is -2.32. The largest absolute Gasteiger partial charge is 0.494 e. The van der Waals surface area contributed by atoms with Crippen LogP contribution in [0.25, 0.3) is 0 Å². The molecule has 2 amide bonds. The average Bonchev–Trinajstić information content (AvgIpc) is 3.27. The number of nitrogens with zero attached hydrogens (tertiary/aromatic N) is 3. The van der Waals surface area contributed by atoms with Crippen LogP contribution in [0.5, 0.6) is 0 Å². The van der Waals surface area contributed by atoms with Crippen molar-refractivity contribution in [3.05, 3.63) is 53.2 Å². The predicted molar refractivity (Wildman–Crippen MR) is 138 cm³/mol.